The van der Waals surface area contributed by atoms with Gasteiger partial charge in [-0.05, 0) is 6.42 Å². The molecule has 2 aromatic heterocycles. The number of aliphatic hydroxyl groups is 1. The van der Waals surface area contributed by atoms with E-state index in [2.05, 4.69) is 15.0 Å². The molecule has 0 spiro atoms. The molecule has 1 fully saturated rings. The van der Waals surface area contributed by atoms with Gasteiger partial charge >= 0.3 is 0 Å². The lowest BCUT2D eigenvalue weighted by molar-refractivity contribution is 0.0576. The molecule has 0 saturated carbocycles. The van der Waals surface area contributed by atoms with Gasteiger partial charge in [0.1, 0.15) is 11.8 Å². The summed E-state index contributed by atoms with van der Waals surface area (Å²) in [5.41, 5.74) is 7.05. The number of aromatic nitrogens is 4. The van der Waals surface area contributed by atoms with Crippen molar-refractivity contribution in [3.63, 3.8) is 0 Å². The molecule has 0 radical (unpaired) electrons. The minimum atomic E-state index is -0.100. The van der Waals surface area contributed by atoms with Crippen molar-refractivity contribution >= 4 is 17.0 Å². The van der Waals surface area contributed by atoms with Gasteiger partial charge in [0.15, 0.2) is 11.5 Å². The number of nitrogens with zero attached hydrogens (tertiary/aromatic N) is 4. The molecule has 2 unspecified atom stereocenters. The van der Waals surface area contributed by atoms with E-state index in [1.165, 1.54) is 6.33 Å². The Morgan fingerprint density at radius 1 is 1.47 bits per heavy atom. The lowest BCUT2D eigenvalue weighted by Gasteiger charge is -2.10. The SMILES string of the molecule is Nc1ncnc2c1ncn2C1COC(CO)C1. The van der Waals surface area contributed by atoms with Gasteiger partial charge in [0.05, 0.1) is 31.7 Å². The maximum absolute atomic E-state index is 9.04. The fourth-order valence-corrected chi connectivity index (χ4v) is 2.15. The second kappa shape index (κ2) is 3.94. The van der Waals surface area contributed by atoms with E-state index in [1.807, 2.05) is 4.57 Å². The highest BCUT2D eigenvalue weighted by Crippen LogP contribution is 2.27. The van der Waals surface area contributed by atoms with Crippen LogP contribution in [0.5, 0.6) is 0 Å². The Bertz CT molecular complexity index is 540. The number of ether oxygens (including phenoxy) is 1. The molecule has 7 nitrogen and oxygen atoms in total. The van der Waals surface area contributed by atoms with Gasteiger partial charge < -0.3 is 20.1 Å². The normalized spacial score (nSPS) is 24.5. The summed E-state index contributed by atoms with van der Waals surface area (Å²) in [6, 6.07) is 0.145. The van der Waals surface area contributed by atoms with Crippen LogP contribution in [-0.4, -0.2) is 43.9 Å². The highest BCUT2D eigenvalue weighted by atomic mass is 16.5. The molecule has 2 aromatic rings. The fraction of sp³-hybridized carbons (Fsp3) is 0.500. The lowest BCUT2D eigenvalue weighted by Crippen LogP contribution is -2.11. The molecule has 3 heterocycles. The zero-order chi connectivity index (χ0) is 11.8. The van der Waals surface area contributed by atoms with Crippen LogP contribution in [0.3, 0.4) is 0 Å². The topological polar surface area (TPSA) is 99.1 Å². The van der Waals surface area contributed by atoms with Crippen LogP contribution in [0.1, 0.15) is 12.5 Å². The van der Waals surface area contributed by atoms with Crippen LogP contribution < -0.4 is 5.73 Å². The standard InChI is InChI=1S/C10H13N5O2/c11-9-8-10(13-4-12-9)15(5-14-8)6-1-7(2-16)17-3-6/h4-7,16H,1-3H2,(H2,11,12,13). The third-order valence-electron chi connectivity index (χ3n) is 3.04. The second-order valence-electron chi connectivity index (χ2n) is 4.11. The Kier molecular flexibility index (Phi) is 2.41. The maximum Gasteiger partial charge on any atom is 0.165 e. The second-order valence-corrected chi connectivity index (χ2v) is 4.11. The molecule has 7 heteroatoms. The van der Waals surface area contributed by atoms with E-state index in [0.717, 1.165) is 6.42 Å². The highest BCUT2D eigenvalue weighted by molar-refractivity contribution is 5.81. The molecular formula is C10H13N5O2. The van der Waals surface area contributed by atoms with Gasteiger partial charge in [-0.15, -0.1) is 0 Å². The summed E-state index contributed by atoms with van der Waals surface area (Å²) in [7, 11) is 0. The maximum atomic E-state index is 9.04. The van der Waals surface area contributed by atoms with Crippen molar-refractivity contribution in [3.05, 3.63) is 12.7 Å². The summed E-state index contributed by atoms with van der Waals surface area (Å²) in [5.74, 6) is 0.381. The van der Waals surface area contributed by atoms with E-state index >= 15 is 0 Å². The predicted octanol–water partition coefficient (Wildman–Crippen LogP) is -0.269. The van der Waals surface area contributed by atoms with E-state index < -0.39 is 0 Å². The van der Waals surface area contributed by atoms with E-state index in [0.29, 0.717) is 23.6 Å². The average Bonchev–Trinajstić information content (AvgIpc) is 2.94. The molecule has 1 aliphatic heterocycles. The van der Waals surface area contributed by atoms with Crippen LogP contribution in [-0.2, 0) is 4.74 Å². The van der Waals surface area contributed by atoms with Crippen LogP contribution >= 0.6 is 0 Å². The van der Waals surface area contributed by atoms with Gasteiger partial charge in [-0.25, -0.2) is 15.0 Å². The summed E-state index contributed by atoms with van der Waals surface area (Å²) in [4.78, 5) is 12.3. The molecule has 3 N–H and O–H groups in total. The Labute approximate surface area is 97.3 Å². The molecule has 2 atom stereocenters. The molecule has 3 rings (SSSR count). The average molecular weight is 235 g/mol. The largest absolute Gasteiger partial charge is 0.394 e. The van der Waals surface area contributed by atoms with Crippen LogP contribution in [0.4, 0.5) is 5.82 Å². The number of hydrogen-bond acceptors (Lipinski definition) is 6. The monoisotopic (exact) mass is 235 g/mol. The minimum absolute atomic E-state index is 0.0419. The van der Waals surface area contributed by atoms with Gasteiger partial charge in [-0.1, -0.05) is 0 Å². The fourth-order valence-electron chi connectivity index (χ4n) is 2.15. The summed E-state index contributed by atoms with van der Waals surface area (Å²) >= 11 is 0. The number of aliphatic hydroxyl groups excluding tert-OH is 1. The number of hydrogen-bond donors (Lipinski definition) is 2. The number of anilines is 1. The molecule has 0 aromatic carbocycles. The molecule has 17 heavy (non-hydrogen) atoms. The van der Waals surface area contributed by atoms with Gasteiger partial charge in [-0.3, -0.25) is 0 Å². The minimum Gasteiger partial charge on any atom is -0.394 e. The van der Waals surface area contributed by atoms with Crippen molar-refractivity contribution in [2.24, 2.45) is 0 Å². The molecule has 0 amide bonds. The first-order valence-corrected chi connectivity index (χ1v) is 5.45. The summed E-state index contributed by atoms with van der Waals surface area (Å²) < 4.78 is 7.38. The Morgan fingerprint density at radius 3 is 3.12 bits per heavy atom. The van der Waals surface area contributed by atoms with Gasteiger partial charge in [0.2, 0.25) is 0 Å². The number of nitrogen functional groups attached to an aromatic ring is 1. The molecule has 1 saturated heterocycles. The molecule has 0 aliphatic carbocycles. The summed E-state index contributed by atoms with van der Waals surface area (Å²) in [6.45, 7) is 0.598. The predicted molar refractivity (Wildman–Crippen MR) is 60.2 cm³/mol. The molecular weight excluding hydrogens is 222 g/mol. The van der Waals surface area contributed by atoms with Crippen molar-refractivity contribution in [3.8, 4) is 0 Å². The van der Waals surface area contributed by atoms with Crippen molar-refractivity contribution in [2.75, 3.05) is 18.9 Å². The van der Waals surface area contributed by atoms with Crippen molar-refractivity contribution < 1.29 is 9.84 Å². The van der Waals surface area contributed by atoms with E-state index in [4.69, 9.17) is 15.6 Å². The molecule has 0 bridgehead atoms. The van der Waals surface area contributed by atoms with E-state index in [9.17, 15) is 0 Å². The summed E-state index contributed by atoms with van der Waals surface area (Å²) in [5, 5.41) is 9.04. The van der Waals surface area contributed by atoms with E-state index in [-0.39, 0.29) is 18.8 Å². The number of fused-ring (bicyclic) bond motifs is 1. The molecule has 1 aliphatic rings. The summed E-state index contributed by atoms with van der Waals surface area (Å²) in [6.07, 6.45) is 3.78. The Balaban J connectivity index is 1.99. The van der Waals surface area contributed by atoms with Crippen molar-refractivity contribution in [2.45, 2.75) is 18.6 Å². The number of nitrogens with two attached hydrogens (primary N) is 1. The zero-order valence-corrected chi connectivity index (χ0v) is 9.15. The first kappa shape index (κ1) is 10.4. The van der Waals surface area contributed by atoms with E-state index in [1.54, 1.807) is 6.33 Å². The van der Waals surface area contributed by atoms with Crippen LogP contribution in [0.15, 0.2) is 12.7 Å². The quantitative estimate of drug-likeness (QED) is 0.743. The third-order valence-corrected chi connectivity index (χ3v) is 3.04. The van der Waals surface area contributed by atoms with Crippen LogP contribution in [0.2, 0.25) is 0 Å². The van der Waals surface area contributed by atoms with Crippen molar-refractivity contribution in [1.82, 2.24) is 19.5 Å². The smallest absolute Gasteiger partial charge is 0.165 e. The first-order chi connectivity index (χ1) is 8.29. The van der Waals surface area contributed by atoms with Crippen molar-refractivity contribution in [1.29, 1.82) is 0 Å². The van der Waals surface area contributed by atoms with Gasteiger partial charge in [-0.2, -0.15) is 0 Å². The zero-order valence-electron chi connectivity index (χ0n) is 9.15. The van der Waals surface area contributed by atoms with Crippen LogP contribution in [0, 0.1) is 0 Å². The van der Waals surface area contributed by atoms with Crippen LogP contribution in [0.25, 0.3) is 11.2 Å². The number of rotatable bonds is 2. The Hall–Kier alpha value is -1.73. The third kappa shape index (κ3) is 1.63. The van der Waals surface area contributed by atoms with Gasteiger partial charge in [0.25, 0.3) is 0 Å². The first-order valence-electron chi connectivity index (χ1n) is 5.45. The molecule has 90 valence electrons. The van der Waals surface area contributed by atoms with Gasteiger partial charge in [0, 0.05) is 0 Å². The number of imidazole rings is 1. The highest BCUT2D eigenvalue weighted by Gasteiger charge is 2.27. The Morgan fingerprint density at radius 2 is 2.35 bits per heavy atom. The lowest BCUT2D eigenvalue weighted by atomic mass is 10.2.